The molecule has 44 heavy (non-hydrogen) atoms. The minimum absolute atomic E-state index is 0.0385. The standard InChI is InChI=1S/C37H51N5O2/c1-6-8-17-33-31(35(44)42-34(18-14-25-41(33)42)37(27(3)43)23-12-9-13-24-37)26-28-19-21-29(22-20-28)30-15-10-11-16-32(30)36(4,5)39-40-38-7-2/h10-11,15-16,19-22,34H,6-9,12-14,17-18,23-26H2,1-5H3,(H,38,39). The minimum atomic E-state index is -0.409. The molecule has 0 spiro atoms. The van der Waals surface area contributed by atoms with Crippen molar-refractivity contribution in [1.82, 2.24) is 14.8 Å². The molecule has 1 aliphatic carbocycles. The Morgan fingerprint density at radius 2 is 1.75 bits per heavy atom. The van der Waals surface area contributed by atoms with Crippen LogP contribution in [0.3, 0.4) is 0 Å². The number of aromatic nitrogens is 2. The summed E-state index contributed by atoms with van der Waals surface area (Å²) in [4.78, 5) is 27.6. The second kappa shape index (κ2) is 13.7. The Morgan fingerprint density at radius 3 is 2.43 bits per heavy atom. The number of Topliss-reactive ketones (excluding diaryl/α,β-unsaturated/α-hetero) is 1. The smallest absolute Gasteiger partial charge is 0.270 e. The lowest BCUT2D eigenvalue weighted by Gasteiger charge is -2.44. The lowest BCUT2D eigenvalue weighted by atomic mass is 9.65. The molecular formula is C37H51N5O2. The summed E-state index contributed by atoms with van der Waals surface area (Å²) < 4.78 is 4.34. The molecule has 7 heteroatoms. The monoisotopic (exact) mass is 597 g/mol. The fourth-order valence-corrected chi connectivity index (χ4v) is 7.76. The van der Waals surface area contributed by atoms with Crippen molar-refractivity contribution in [2.24, 2.45) is 15.8 Å². The Morgan fingerprint density at radius 1 is 1.02 bits per heavy atom. The van der Waals surface area contributed by atoms with Gasteiger partial charge < -0.3 is 0 Å². The van der Waals surface area contributed by atoms with Gasteiger partial charge in [-0.25, -0.2) is 4.68 Å². The largest absolute Gasteiger partial charge is 0.299 e. The van der Waals surface area contributed by atoms with Gasteiger partial charge in [-0.1, -0.05) is 86.4 Å². The summed E-state index contributed by atoms with van der Waals surface area (Å²) in [5.41, 5.74) is 9.19. The van der Waals surface area contributed by atoms with E-state index < -0.39 is 11.0 Å². The van der Waals surface area contributed by atoms with Crippen LogP contribution in [0.4, 0.5) is 0 Å². The van der Waals surface area contributed by atoms with Crippen LogP contribution in [0, 0.1) is 5.41 Å². The zero-order chi connectivity index (χ0) is 31.3. The summed E-state index contributed by atoms with van der Waals surface area (Å²) in [7, 11) is 0. The first-order valence-electron chi connectivity index (χ1n) is 16.9. The second-order valence-corrected chi connectivity index (χ2v) is 13.4. The van der Waals surface area contributed by atoms with Gasteiger partial charge in [0.05, 0.1) is 23.5 Å². The number of hydrogen-bond donors (Lipinski definition) is 1. The maximum Gasteiger partial charge on any atom is 0.270 e. The van der Waals surface area contributed by atoms with Crippen molar-refractivity contribution < 1.29 is 4.79 Å². The Hall–Kier alpha value is -3.48. The molecule has 0 saturated heterocycles. The SMILES string of the molecule is CCCCc1c(Cc2ccc(-c3ccccc3C(C)(C)NN=NCC)cc2)c(=O)n2n1CCCC2C1(C(C)=O)CCCCC1. The molecule has 0 bridgehead atoms. The molecule has 2 aliphatic rings. The number of fused-ring (bicyclic) bond motifs is 1. The number of hydrogen-bond acceptors (Lipinski definition) is 4. The number of nitrogens with zero attached hydrogens (tertiary/aromatic N) is 4. The third-order valence-corrected chi connectivity index (χ3v) is 10.2. The first kappa shape index (κ1) is 31.9. The number of carbonyl (C=O) groups is 1. The number of nitrogens with one attached hydrogen (secondary N) is 1. The average molecular weight is 598 g/mol. The molecule has 1 N–H and O–H groups in total. The van der Waals surface area contributed by atoms with Crippen LogP contribution in [0.5, 0.6) is 0 Å². The van der Waals surface area contributed by atoms with Gasteiger partial charge in [-0.05, 0) is 88.5 Å². The van der Waals surface area contributed by atoms with Gasteiger partial charge in [0, 0.05) is 24.2 Å². The number of rotatable bonds is 12. The Bertz CT molecular complexity index is 1520. The molecule has 1 saturated carbocycles. The highest BCUT2D eigenvalue weighted by atomic mass is 16.1. The predicted octanol–water partition coefficient (Wildman–Crippen LogP) is 8.34. The van der Waals surface area contributed by atoms with E-state index in [4.69, 9.17) is 0 Å². The van der Waals surface area contributed by atoms with Gasteiger partial charge in [0.1, 0.15) is 5.78 Å². The van der Waals surface area contributed by atoms with Gasteiger partial charge >= 0.3 is 0 Å². The first-order valence-corrected chi connectivity index (χ1v) is 16.9. The molecule has 0 radical (unpaired) electrons. The maximum absolute atomic E-state index is 14.4. The number of benzene rings is 2. The van der Waals surface area contributed by atoms with Crippen molar-refractivity contribution in [2.45, 2.75) is 123 Å². The van der Waals surface area contributed by atoms with Crippen molar-refractivity contribution in [3.8, 4) is 11.1 Å². The maximum atomic E-state index is 14.4. The molecule has 0 amide bonds. The van der Waals surface area contributed by atoms with Crippen molar-refractivity contribution in [1.29, 1.82) is 0 Å². The van der Waals surface area contributed by atoms with E-state index in [0.717, 1.165) is 92.1 Å². The first-order chi connectivity index (χ1) is 21.2. The zero-order valence-corrected chi connectivity index (χ0v) is 27.5. The topological polar surface area (TPSA) is 80.8 Å². The van der Waals surface area contributed by atoms with Crippen LogP contribution in [0.2, 0.25) is 0 Å². The van der Waals surface area contributed by atoms with E-state index in [1.807, 2.05) is 11.6 Å². The molecule has 3 aromatic rings. The van der Waals surface area contributed by atoms with Gasteiger partial charge in [0.15, 0.2) is 0 Å². The lowest BCUT2D eigenvalue weighted by Crippen LogP contribution is -2.47. The Labute approximate surface area is 263 Å². The van der Waals surface area contributed by atoms with Gasteiger partial charge in [0.25, 0.3) is 5.56 Å². The van der Waals surface area contributed by atoms with Gasteiger partial charge in [0.2, 0.25) is 0 Å². The van der Waals surface area contributed by atoms with E-state index in [9.17, 15) is 9.59 Å². The normalized spacial score (nSPS) is 18.3. The molecule has 7 nitrogen and oxygen atoms in total. The van der Waals surface area contributed by atoms with E-state index >= 15 is 0 Å². The summed E-state index contributed by atoms with van der Waals surface area (Å²) in [6.45, 7) is 11.7. The van der Waals surface area contributed by atoms with E-state index in [2.05, 4.69) is 89.7 Å². The highest BCUT2D eigenvalue weighted by molar-refractivity contribution is 5.83. The van der Waals surface area contributed by atoms with Crippen LogP contribution in [0.15, 0.2) is 63.7 Å². The molecule has 1 aliphatic heterocycles. The third kappa shape index (κ3) is 6.20. The molecule has 1 unspecified atom stereocenters. The molecule has 1 fully saturated rings. The van der Waals surface area contributed by atoms with Crippen molar-refractivity contribution in [3.05, 3.63) is 81.3 Å². The Balaban J connectivity index is 1.49. The molecular weight excluding hydrogens is 546 g/mol. The molecule has 2 aromatic carbocycles. The summed E-state index contributed by atoms with van der Waals surface area (Å²) >= 11 is 0. The zero-order valence-electron chi connectivity index (χ0n) is 27.5. The Kier molecular flexibility index (Phi) is 9.91. The molecule has 5 rings (SSSR count). The average Bonchev–Trinajstić information content (AvgIpc) is 3.30. The predicted molar refractivity (Wildman–Crippen MR) is 178 cm³/mol. The van der Waals surface area contributed by atoms with Crippen molar-refractivity contribution >= 4 is 5.78 Å². The van der Waals surface area contributed by atoms with Gasteiger partial charge in [-0.15, -0.1) is 0 Å². The minimum Gasteiger partial charge on any atom is -0.299 e. The van der Waals surface area contributed by atoms with Crippen LogP contribution < -0.4 is 11.0 Å². The number of unbranched alkanes of at least 4 members (excludes halogenated alkanes) is 1. The molecule has 1 atom stereocenters. The van der Waals surface area contributed by atoms with E-state index in [0.29, 0.717) is 13.0 Å². The highest BCUT2D eigenvalue weighted by Gasteiger charge is 2.47. The van der Waals surface area contributed by atoms with Crippen molar-refractivity contribution in [2.75, 3.05) is 6.54 Å². The fraction of sp³-hybridized carbons (Fsp3) is 0.568. The van der Waals surface area contributed by atoms with Crippen molar-refractivity contribution in [3.63, 3.8) is 0 Å². The van der Waals surface area contributed by atoms with E-state index in [-0.39, 0.29) is 17.4 Å². The summed E-state index contributed by atoms with van der Waals surface area (Å²) in [5.74, 6) is 0.267. The van der Waals surface area contributed by atoms with Crippen LogP contribution in [0.25, 0.3) is 11.1 Å². The number of ketones is 1. The van der Waals surface area contributed by atoms with E-state index in [1.165, 1.54) is 12.1 Å². The van der Waals surface area contributed by atoms with E-state index in [1.54, 1.807) is 6.92 Å². The van der Waals surface area contributed by atoms with Crippen LogP contribution in [-0.2, 0) is 29.7 Å². The number of carbonyl (C=O) groups excluding carboxylic acids is 1. The molecule has 2 heterocycles. The third-order valence-electron chi connectivity index (χ3n) is 10.2. The van der Waals surface area contributed by atoms with Crippen LogP contribution in [0.1, 0.15) is 121 Å². The lowest BCUT2D eigenvalue weighted by molar-refractivity contribution is -0.133. The van der Waals surface area contributed by atoms with Gasteiger partial charge in [-0.3, -0.25) is 19.7 Å². The van der Waals surface area contributed by atoms with Gasteiger partial charge in [-0.2, -0.15) is 5.11 Å². The molecule has 236 valence electrons. The molecule has 1 aromatic heterocycles. The summed E-state index contributed by atoms with van der Waals surface area (Å²) in [6, 6.07) is 17.1. The summed E-state index contributed by atoms with van der Waals surface area (Å²) in [6.07, 6.45) is 10.7. The van der Waals surface area contributed by atoms with Crippen LogP contribution >= 0.6 is 0 Å². The highest BCUT2D eigenvalue weighted by Crippen LogP contribution is 2.49. The second-order valence-electron chi connectivity index (χ2n) is 13.4. The fourth-order valence-electron chi connectivity index (χ4n) is 7.76. The van der Waals surface area contributed by atoms with Crippen LogP contribution in [-0.4, -0.2) is 21.7 Å². The quantitative estimate of drug-likeness (QED) is 0.168. The summed E-state index contributed by atoms with van der Waals surface area (Å²) in [5, 5.41) is 8.28.